The Balaban J connectivity index is 2.01. The van der Waals surface area contributed by atoms with Crippen molar-refractivity contribution in [3.63, 3.8) is 0 Å². The van der Waals surface area contributed by atoms with Crippen molar-refractivity contribution in [2.45, 2.75) is 18.9 Å². The zero-order valence-corrected chi connectivity index (χ0v) is 9.11. The number of pyridine rings is 1. The number of halogens is 1. The van der Waals surface area contributed by atoms with Gasteiger partial charge in [0.2, 0.25) is 5.91 Å². The van der Waals surface area contributed by atoms with Crippen molar-refractivity contribution in [2.75, 3.05) is 18.9 Å². The third kappa shape index (κ3) is 2.29. The van der Waals surface area contributed by atoms with E-state index >= 15 is 0 Å². The molecule has 16 heavy (non-hydrogen) atoms. The summed E-state index contributed by atoms with van der Waals surface area (Å²) in [6.07, 6.45) is 2.77. The molecule has 0 aromatic carbocycles. The lowest BCUT2D eigenvalue weighted by molar-refractivity contribution is -0.132. The summed E-state index contributed by atoms with van der Waals surface area (Å²) in [7, 11) is 1.75. The molecule has 1 N–H and O–H groups in total. The molecular formula is C11H14FN3O. The van der Waals surface area contributed by atoms with Gasteiger partial charge in [0.05, 0.1) is 0 Å². The first-order chi connectivity index (χ1) is 7.66. The average molecular weight is 223 g/mol. The summed E-state index contributed by atoms with van der Waals surface area (Å²) >= 11 is 0. The molecule has 1 unspecified atom stereocenters. The van der Waals surface area contributed by atoms with E-state index in [9.17, 15) is 9.18 Å². The normalized spacial score (nSPS) is 21.0. The fraction of sp³-hybridized carbons (Fsp3) is 0.455. The molecule has 1 atom stereocenters. The van der Waals surface area contributed by atoms with Crippen LogP contribution in [-0.4, -0.2) is 35.4 Å². The third-order valence-corrected chi connectivity index (χ3v) is 2.73. The Morgan fingerprint density at radius 2 is 2.44 bits per heavy atom. The molecule has 1 aromatic rings. The Hall–Kier alpha value is -1.65. The zero-order chi connectivity index (χ0) is 11.5. The van der Waals surface area contributed by atoms with Gasteiger partial charge in [0.15, 0.2) is 11.6 Å². The van der Waals surface area contributed by atoms with E-state index in [1.165, 1.54) is 6.07 Å². The second-order valence-corrected chi connectivity index (χ2v) is 3.99. The molecule has 1 aromatic heterocycles. The zero-order valence-electron chi connectivity index (χ0n) is 9.11. The molecule has 2 heterocycles. The van der Waals surface area contributed by atoms with Gasteiger partial charge >= 0.3 is 0 Å². The van der Waals surface area contributed by atoms with Gasteiger partial charge in [0.1, 0.15) is 0 Å². The van der Waals surface area contributed by atoms with Crippen LogP contribution < -0.4 is 5.32 Å². The molecule has 0 spiro atoms. The third-order valence-electron chi connectivity index (χ3n) is 2.73. The number of hydrogen-bond donors (Lipinski definition) is 1. The van der Waals surface area contributed by atoms with Crippen LogP contribution in [0.4, 0.5) is 10.2 Å². The number of anilines is 1. The second-order valence-electron chi connectivity index (χ2n) is 3.99. The first kappa shape index (κ1) is 10.9. The van der Waals surface area contributed by atoms with Crippen LogP contribution in [0.3, 0.4) is 0 Å². The minimum atomic E-state index is -0.359. The van der Waals surface area contributed by atoms with E-state index in [1.54, 1.807) is 24.2 Å². The average Bonchev–Trinajstić information content (AvgIpc) is 2.27. The van der Waals surface area contributed by atoms with Gasteiger partial charge in [-0.2, -0.15) is 0 Å². The maximum atomic E-state index is 13.3. The number of nitrogens with zero attached hydrogens (tertiary/aromatic N) is 2. The molecule has 0 saturated carbocycles. The summed E-state index contributed by atoms with van der Waals surface area (Å²) in [5.74, 6) is 0.0387. The molecule has 1 saturated heterocycles. The van der Waals surface area contributed by atoms with Crippen LogP contribution in [0.5, 0.6) is 0 Å². The van der Waals surface area contributed by atoms with Crippen molar-refractivity contribution in [3.8, 4) is 0 Å². The molecule has 1 aliphatic heterocycles. The number of piperidine rings is 1. The molecule has 4 nitrogen and oxygen atoms in total. The van der Waals surface area contributed by atoms with Crippen LogP contribution in [0, 0.1) is 5.82 Å². The Kier molecular flexibility index (Phi) is 3.03. The van der Waals surface area contributed by atoms with E-state index in [4.69, 9.17) is 0 Å². The first-order valence-corrected chi connectivity index (χ1v) is 5.28. The number of carbonyl (C=O) groups is 1. The van der Waals surface area contributed by atoms with Crippen LogP contribution >= 0.6 is 0 Å². The van der Waals surface area contributed by atoms with E-state index in [1.807, 2.05) is 0 Å². The lowest BCUT2D eigenvalue weighted by atomic mass is 10.1. The Labute approximate surface area is 93.5 Å². The highest BCUT2D eigenvalue weighted by molar-refractivity contribution is 5.77. The fourth-order valence-corrected chi connectivity index (χ4v) is 1.82. The van der Waals surface area contributed by atoms with Gasteiger partial charge in [-0.25, -0.2) is 9.37 Å². The Bertz CT molecular complexity index is 397. The van der Waals surface area contributed by atoms with Gasteiger partial charge in [0.25, 0.3) is 0 Å². The van der Waals surface area contributed by atoms with Crippen molar-refractivity contribution in [1.82, 2.24) is 9.88 Å². The monoisotopic (exact) mass is 223 g/mol. The smallest absolute Gasteiger partial charge is 0.222 e. The molecule has 2 rings (SSSR count). The van der Waals surface area contributed by atoms with Crippen LogP contribution in [-0.2, 0) is 4.79 Å². The molecule has 1 aliphatic rings. The number of aromatic nitrogens is 1. The number of carbonyl (C=O) groups excluding carboxylic acids is 1. The minimum absolute atomic E-state index is 0.0760. The topological polar surface area (TPSA) is 45.2 Å². The highest BCUT2D eigenvalue weighted by atomic mass is 19.1. The summed E-state index contributed by atoms with van der Waals surface area (Å²) in [6, 6.07) is 3.00. The number of likely N-dealkylation sites (tertiary alicyclic amines) is 1. The number of likely N-dealkylation sites (N-methyl/N-ethyl adjacent to an activating group) is 1. The number of rotatable bonds is 2. The van der Waals surface area contributed by atoms with Crippen LogP contribution in [0.25, 0.3) is 0 Å². The summed E-state index contributed by atoms with van der Waals surface area (Å²) in [5.41, 5.74) is 0. The van der Waals surface area contributed by atoms with E-state index < -0.39 is 0 Å². The molecule has 1 fully saturated rings. The van der Waals surface area contributed by atoms with Crippen LogP contribution in [0.15, 0.2) is 18.3 Å². The van der Waals surface area contributed by atoms with Crippen LogP contribution in [0.1, 0.15) is 12.8 Å². The van der Waals surface area contributed by atoms with E-state index in [-0.39, 0.29) is 23.6 Å². The maximum Gasteiger partial charge on any atom is 0.222 e. The predicted octanol–water partition coefficient (Wildman–Crippen LogP) is 1.25. The fourth-order valence-electron chi connectivity index (χ4n) is 1.82. The number of hydrogen-bond acceptors (Lipinski definition) is 3. The summed E-state index contributed by atoms with van der Waals surface area (Å²) in [4.78, 5) is 16.8. The summed E-state index contributed by atoms with van der Waals surface area (Å²) < 4.78 is 13.3. The molecule has 1 amide bonds. The van der Waals surface area contributed by atoms with Gasteiger partial charge in [-0.1, -0.05) is 0 Å². The van der Waals surface area contributed by atoms with Crippen molar-refractivity contribution < 1.29 is 9.18 Å². The van der Waals surface area contributed by atoms with E-state index in [0.717, 1.165) is 6.42 Å². The highest BCUT2D eigenvalue weighted by Gasteiger charge is 2.23. The highest BCUT2D eigenvalue weighted by Crippen LogP contribution is 2.16. The molecule has 5 heteroatoms. The van der Waals surface area contributed by atoms with Crippen molar-refractivity contribution >= 4 is 11.7 Å². The Morgan fingerprint density at radius 1 is 1.62 bits per heavy atom. The first-order valence-electron chi connectivity index (χ1n) is 5.28. The summed E-state index contributed by atoms with van der Waals surface area (Å²) in [5, 5.41) is 3.02. The molecule has 0 aliphatic carbocycles. The van der Waals surface area contributed by atoms with Gasteiger partial charge in [0, 0.05) is 32.3 Å². The van der Waals surface area contributed by atoms with Gasteiger partial charge < -0.3 is 10.2 Å². The predicted molar refractivity (Wildman–Crippen MR) is 58.5 cm³/mol. The van der Waals surface area contributed by atoms with E-state index in [2.05, 4.69) is 10.3 Å². The quantitative estimate of drug-likeness (QED) is 0.820. The van der Waals surface area contributed by atoms with Gasteiger partial charge in [-0.3, -0.25) is 4.79 Å². The van der Waals surface area contributed by atoms with Crippen molar-refractivity contribution in [3.05, 3.63) is 24.1 Å². The number of nitrogens with one attached hydrogen (secondary N) is 1. The van der Waals surface area contributed by atoms with Gasteiger partial charge in [-0.15, -0.1) is 0 Å². The SMILES string of the molecule is CN1CC(Nc2ncccc2F)CCC1=O. The summed E-state index contributed by atoms with van der Waals surface area (Å²) in [6.45, 7) is 0.592. The molecule has 0 bridgehead atoms. The lowest BCUT2D eigenvalue weighted by Crippen LogP contribution is -2.43. The van der Waals surface area contributed by atoms with Crippen molar-refractivity contribution in [2.24, 2.45) is 0 Å². The largest absolute Gasteiger partial charge is 0.363 e. The minimum Gasteiger partial charge on any atom is -0.363 e. The van der Waals surface area contributed by atoms with E-state index in [0.29, 0.717) is 13.0 Å². The maximum absolute atomic E-state index is 13.3. The Morgan fingerprint density at radius 3 is 3.12 bits per heavy atom. The number of amides is 1. The molecule has 86 valence electrons. The lowest BCUT2D eigenvalue weighted by Gasteiger charge is -2.30. The standard InChI is InChI=1S/C11H14FN3O/c1-15-7-8(4-5-10(15)16)14-11-9(12)3-2-6-13-11/h2-3,6,8H,4-5,7H2,1H3,(H,13,14). The molecular weight excluding hydrogens is 209 g/mol. The second kappa shape index (κ2) is 4.47. The van der Waals surface area contributed by atoms with Crippen LogP contribution in [0.2, 0.25) is 0 Å². The molecule has 0 radical (unpaired) electrons. The van der Waals surface area contributed by atoms with Crippen molar-refractivity contribution in [1.29, 1.82) is 0 Å². The van der Waals surface area contributed by atoms with Gasteiger partial charge in [-0.05, 0) is 18.6 Å².